The Balaban J connectivity index is 1.41. The Morgan fingerprint density at radius 3 is 0.950 bits per heavy atom. The van der Waals surface area contributed by atoms with Crippen molar-refractivity contribution in [2.24, 2.45) is 0 Å². The maximum atomic E-state index is 2.31. The van der Waals surface area contributed by atoms with Crippen molar-refractivity contribution in [1.82, 2.24) is 0 Å². The van der Waals surface area contributed by atoms with E-state index in [1.807, 2.05) is 0 Å². The summed E-state index contributed by atoms with van der Waals surface area (Å²) < 4.78 is 0. The van der Waals surface area contributed by atoms with Crippen LogP contribution in [-0.4, -0.2) is 0 Å². The zero-order valence-corrected chi connectivity index (χ0v) is 22.4. The van der Waals surface area contributed by atoms with E-state index in [4.69, 9.17) is 0 Å². The second-order valence-electron chi connectivity index (χ2n) is 10.4. The fraction of sp³-hybridized carbons (Fsp3) is 0.0500. The normalized spacial score (nSPS) is 11.2. The molecule has 0 aromatic heterocycles. The lowest BCUT2D eigenvalue weighted by Gasteiger charge is -2.19. The number of hydrogen-bond acceptors (Lipinski definition) is 0. The Kier molecular flexibility index (Phi) is 6.44. The molecule has 7 aromatic rings. The van der Waals surface area contributed by atoms with Gasteiger partial charge in [0.25, 0.3) is 0 Å². The molecule has 0 amide bonds. The van der Waals surface area contributed by atoms with E-state index in [1.54, 1.807) is 0 Å². The van der Waals surface area contributed by atoms with Crippen LogP contribution in [0.3, 0.4) is 0 Å². The first-order valence-electron chi connectivity index (χ1n) is 14.0. The minimum atomic E-state index is 0.882. The van der Waals surface area contributed by atoms with Crippen LogP contribution in [-0.2, 0) is 12.8 Å². The maximum Gasteiger partial charge on any atom is -0.000729 e. The molecular formula is C40H30. The predicted octanol–water partition coefficient (Wildman–Crippen LogP) is 10.5. The first-order valence-corrected chi connectivity index (χ1v) is 14.0. The van der Waals surface area contributed by atoms with E-state index >= 15 is 0 Å². The van der Waals surface area contributed by atoms with Crippen molar-refractivity contribution in [3.63, 3.8) is 0 Å². The highest BCUT2D eigenvalue weighted by Crippen LogP contribution is 2.38. The van der Waals surface area contributed by atoms with Gasteiger partial charge < -0.3 is 0 Å². The summed E-state index contributed by atoms with van der Waals surface area (Å²) in [4.78, 5) is 0. The summed E-state index contributed by atoms with van der Waals surface area (Å²) in [5.74, 6) is 0. The Labute approximate surface area is 236 Å². The molecule has 7 aromatic carbocycles. The van der Waals surface area contributed by atoms with Crippen molar-refractivity contribution >= 4 is 21.5 Å². The Morgan fingerprint density at radius 1 is 0.275 bits per heavy atom. The van der Waals surface area contributed by atoms with Gasteiger partial charge in [0.2, 0.25) is 0 Å². The molecule has 0 heteroatoms. The molecule has 0 aliphatic carbocycles. The van der Waals surface area contributed by atoms with Gasteiger partial charge >= 0.3 is 0 Å². The zero-order valence-electron chi connectivity index (χ0n) is 22.4. The lowest BCUT2D eigenvalue weighted by Crippen LogP contribution is -2.00. The quantitative estimate of drug-likeness (QED) is 0.195. The van der Waals surface area contributed by atoms with Gasteiger partial charge in [-0.3, -0.25) is 0 Å². The molecule has 0 spiro atoms. The molecule has 190 valence electrons. The van der Waals surface area contributed by atoms with Crippen molar-refractivity contribution in [3.8, 4) is 22.3 Å². The van der Waals surface area contributed by atoms with Crippen molar-refractivity contribution < 1.29 is 0 Å². The summed E-state index contributed by atoms with van der Waals surface area (Å²) in [7, 11) is 0. The van der Waals surface area contributed by atoms with Gasteiger partial charge in [0.15, 0.2) is 0 Å². The lowest BCUT2D eigenvalue weighted by atomic mass is 9.84. The third-order valence-electron chi connectivity index (χ3n) is 8.09. The van der Waals surface area contributed by atoms with Crippen molar-refractivity contribution in [3.05, 3.63) is 180 Å². The van der Waals surface area contributed by atoms with E-state index in [9.17, 15) is 0 Å². The summed E-state index contributed by atoms with van der Waals surface area (Å²) in [6.45, 7) is 0. The molecule has 0 bridgehead atoms. The van der Waals surface area contributed by atoms with Crippen molar-refractivity contribution in [2.75, 3.05) is 0 Å². The van der Waals surface area contributed by atoms with Crippen LogP contribution in [0.1, 0.15) is 22.3 Å². The van der Waals surface area contributed by atoms with E-state index in [0.29, 0.717) is 0 Å². The number of rotatable bonds is 6. The molecule has 40 heavy (non-hydrogen) atoms. The number of hydrogen-bond donors (Lipinski definition) is 0. The molecule has 0 aliphatic heterocycles. The van der Waals surface area contributed by atoms with Gasteiger partial charge in [-0.05, 0) is 78.9 Å². The van der Waals surface area contributed by atoms with E-state index in [2.05, 4.69) is 158 Å². The monoisotopic (exact) mass is 510 g/mol. The van der Waals surface area contributed by atoms with Gasteiger partial charge in [-0.2, -0.15) is 0 Å². The van der Waals surface area contributed by atoms with Gasteiger partial charge in [0.1, 0.15) is 0 Å². The Bertz CT molecular complexity index is 1730. The van der Waals surface area contributed by atoms with Crippen LogP contribution in [0.2, 0.25) is 0 Å². The summed E-state index contributed by atoms with van der Waals surface area (Å²) in [6.07, 6.45) is 1.76. The third kappa shape index (κ3) is 4.48. The maximum absolute atomic E-state index is 2.31. The highest BCUT2D eigenvalue weighted by Gasteiger charge is 2.17. The van der Waals surface area contributed by atoms with Crippen LogP contribution in [0.25, 0.3) is 43.8 Å². The smallest absolute Gasteiger partial charge is 0.000729 e. The van der Waals surface area contributed by atoms with E-state index in [0.717, 1.165) is 12.8 Å². The first kappa shape index (κ1) is 24.1. The largest absolute Gasteiger partial charge is 0.0622 e. The second-order valence-corrected chi connectivity index (χ2v) is 10.4. The first-order chi connectivity index (χ1) is 19.9. The van der Waals surface area contributed by atoms with Crippen LogP contribution in [0, 0.1) is 0 Å². The molecule has 0 unspecified atom stereocenters. The zero-order chi connectivity index (χ0) is 26.7. The van der Waals surface area contributed by atoms with Gasteiger partial charge in [-0.1, -0.05) is 158 Å². The SMILES string of the molecule is c1ccc(-c2ccccc2Cc2c3ccccc3c(Cc3ccccc3-c3ccccc3)c3ccccc23)cc1. The van der Waals surface area contributed by atoms with E-state index < -0.39 is 0 Å². The molecule has 0 N–H and O–H groups in total. The third-order valence-corrected chi connectivity index (χ3v) is 8.09. The topological polar surface area (TPSA) is 0 Å². The van der Waals surface area contributed by atoms with Crippen LogP contribution in [0.5, 0.6) is 0 Å². The van der Waals surface area contributed by atoms with E-state index in [-0.39, 0.29) is 0 Å². The molecule has 0 radical (unpaired) electrons. The highest BCUT2D eigenvalue weighted by atomic mass is 14.2. The molecule has 0 fully saturated rings. The van der Waals surface area contributed by atoms with Gasteiger partial charge in [0.05, 0.1) is 0 Å². The molecule has 0 aliphatic rings. The van der Waals surface area contributed by atoms with Crippen LogP contribution >= 0.6 is 0 Å². The van der Waals surface area contributed by atoms with Crippen LogP contribution in [0.4, 0.5) is 0 Å². The lowest BCUT2D eigenvalue weighted by molar-refractivity contribution is 1.21. The molecular weight excluding hydrogens is 480 g/mol. The average Bonchev–Trinajstić information content (AvgIpc) is 3.04. The summed E-state index contributed by atoms with van der Waals surface area (Å²) >= 11 is 0. The van der Waals surface area contributed by atoms with Crippen molar-refractivity contribution in [1.29, 1.82) is 0 Å². The Morgan fingerprint density at radius 2 is 0.575 bits per heavy atom. The summed E-state index contributed by atoms with van der Waals surface area (Å²) in [5.41, 5.74) is 10.6. The number of benzene rings is 7. The predicted molar refractivity (Wildman–Crippen MR) is 171 cm³/mol. The van der Waals surface area contributed by atoms with Crippen LogP contribution in [0.15, 0.2) is 158 Å². The van der Waals surface area contributed by atoms with Gasteiger partial charge in [-0.15, -0.1) is 0 Å². The second kappa shape index (κ2) is 10.7. The number of fused-ring (bicyclic) bond motifs is 2. The molecule has 0 atom stereocenters. The molecule has 0 heterocycles. The average molecular weight is 511 g/mol. The summed E-state index contributed by atoms with van der Waals surface area (Å²) in [6, 6.07) is 57.2. The molecule has 0 saturated carbocycles. The Hall–Kier alpha value is -4.94. The minimum Gasteiger partial charge on any atom is -0.0622 e. The van der Waals surface area contributed by atoms with Gasteiger partial charge in [-0.25, -0.2) is 0 Å². The molecule has 0 nitrogen and oxygen atoms in total. The fourth-order valence-corrected chi connectivity index (χ4v) is 6.22. The standard InChI is InChI=1S/C40H30/c1-3-15-29(16-4-1)33-21-9-7-19-31(33)27-39-35-23-11-13-25-37(35)40(38-26-14-12-24-36(38)39)28-32-20-8-10-22-34(32)30-17-5-2-6-18-30/h1-26H,27-28H2. The van der Waals surface area contributed by atoms with Crippen molar-refractivity contribution in [2.45, 2.75) is 12.8 Å². The molecule has 7 rings (SSSR count). The minimum absolute atomic E-state index is 0.882. The highest BCUT2D eigenvalue weighted by molar-refractivity contribution is 6.06. The van der Waals surface area contributed by atoms with E-state index in [1.165, 1.54) is 66.1 Å². The van der Waals surface area contributed by atoms with Crippen LogP contribution < -0.4 is 0 Å². The summed E-state index contributed by atoms with van der Waals surface area (Å²) in [5, 5.41) is 5.38. The fourth-order valence-electron chi connectivity index (χ4n) is 6.22. The van der Waals surface area contributed by atoms with Gasteiger partial charge in [0, 0.05) is 0 Å². The molecule has 0 saturated heterocycles.